The van der Waals surface area contributed by atoms with E-state index in [1.165, 1.54) is 18.3 Å². The van der Waals surface area contributed by atoms with Crippen molar-refractivity contribution in [1.82, 2.24) is 9.97 Å². The van der Waals surface area contributed by atoms with Crippen molar-refractivity contribution in [3.63, 3.8) is 0 Å². The van der Waals surface area contributed by atoms with Gasteiger partial charge >= 0.3 is 5.25 Å². The normalized spacial score (nSPS) is 11.9. The Hall–Kier alpha value is -3.40. The van der Waals surface area contributed by atoms with Crippen molar-refractivity contribution < 1.29 is 22.0 Å². The van der Waals surface area contributed by atoms with Gasteiger partial charge in [0.2, 0.25) is 9.84 Å². The number of carbonyl (C=O) groups excluding carboxylic acids is 1. The van der Waals surface area contributed by atoms with Crippen LogP contribution in [-0.2, 0) is 9.84 Å². The number of nitrogens with one attached hydrogen (secondary N) is 1. The van der Waals surface area contributed by atoms with Crippen LogP contribution in [0.25, 0.3) is 11.3 Å². The van der Waals surface area contributed by atoms with Gasteiger partial charge in [-0.05, 0) is 31.2 Å². The van der Waals surface area contributed by atoms with Crippen LogP contribution < -0.4 is 11.1 Å². The van der Waals surface area contributed by atoms with Gasteiger partial charge in [0.05, 0.1) is 16.8 Å². The number of hydrogen-bond donors (Lipinski definition) is 2. The average Bonchev–Trinajstić information content (AvgIpc) is 2.68. The highest BCUT2D eigenvalue weighted by molar-refractivity contribution is 7.92. The third-order valence-corrected chi connectivity index (χ3v) is 6.09. The smallest absolute Gasteiger partial charge is 0.347 e. The molecule has 30 heavy (non-hydrogen) atoms. The SMILES string of the molecule is Cc1ccc(-c2cnc(N)c(C(=O)Nc3ccc(S(=O)(=O)C(C)(F)F)cc3)n2)cc1. The van der Waals surface area contributed by atoms with Crippen LogP contribution in [-0.4, -0.2) is 29.5 Å². The van der Waals surface area contributed by atoms with Gasteiger partial charge in [0.25, 0.3) is 5.91 Å². The Morgan fingerprint density at radius 1 is 1.07 bits per heavy atom. The molecule has 3 rings (SSSR count). The predicted octanol–water partition coefficient (Wildman–Crippen LogP) is 3.67. The lowest BCUT2D eigenvalue weighted by Gasteiger charge is -2.12. The highest BCUT2D eigenvalue weighted by atomic mass is 32.2. The second-order valence-corrected chi connectivity index (χ2v) is 8.84. The van der Waals surface area contributed by atoms with E-state index in [2.05, 4.69) is 15.3 Å². The number of rotatable bonds is 5. The molecule has 1 aromatic heterocycles. The van der Waals surface area contributed by atoms with E-state index in [9.17, 15) is 22.0 Å². The molecule has 0 aliphatic heterocycles. The predicted molar refractivity (Wildman–Crippen MR) is 109 cm³/mol. The molecule has 0 atom stereocenters. The second kappa shape index (κ2) is 7.79. The molecule has 0 bridgehead atoms. The van der Waals surface area contributed by atoms with E-state index in [1.54, 1.807) is 0 Å². The topological polar surface area (TPSA) is 115 Å². The standard InChI is InChI=1S/C20H18F2N4O3S/c1-12-3-5-13(6-4-12)16-11-24-18(23)17(26-16)19(27)25-14-7-9-15(10-8-14)30(28,29)20(2,21)22/h3-11H,1-2H3,(H2,23,24)(H,25,27). The molecular formula is C20H18F2N4O3S. The van der Waals surface area contributed by atoms with Gasteiger partial charge in [0.15, 0.2) is 11.5 Å². The van der Waals surface area contributed by atoms with Crippen molar-refractivity contribution in [3.05, 3.63) is 66.0 Å². The van der Waals surface area contributed by atoms with Crippen molar-refractivity contribution in [2.24, 2.45) is 0 Å². The molecule has 1 amide bonds. The van der Waals surface area contributed by atoms with Gasteiger partial charge in [-0.3, -0.25) is 4.79 Å². The van der Waals surface area contributed by atoms with E-state index in [-0.39, 0.29) is 17.2 Å². The summed E-state index contributed by atoms with van der Waals surface area (Å²) >= 11 is 0. The highest BCUT2D eigenvalue weighted by Gasteiger charge is 2.40. The van der Waals surface area contributed by atoms with Crippen LogP contribution in [0.5, 0.6) is 0 Å². The molecule has 0 radical (unpaired) electrons. The number of halogens is 2. The molecule has 2 aromatic carbocycles. The third-order valence-electron chi connectivity index (χ3n) is 4.26. The molecule has 3 N–H and O–H groups in total. The van der Waals surface area contributed by atoms with Gasteiger partial charge in [-0.25, -0.2) is 18.4 Å². The number of aryl methyl sites for hydroxylation is 1. The molecule has 10 heteroatoms. The molecule has 0 unspecified atom stereocenters. The number of carbonyl (C=O) groups is 1. The Bertz CT molecular complexity index is 1190. The maximum atomic E-state index is 13.3. The number of nitrogens with zero attached hydrogens (tertiary/aromatic N) is 2. The highest BCUT2D eigenvalue weighted by Crippen LogP contribution is 2.29. The number of amides is 1. The number of benzene rings is 2. The fraction of sp³-hybridized carbons (Fsp3) is 0.150. The average molecular weight is 432 g/mol. The van der Waals surface area contributed by atoms with E-state index in [4.69, 9.17) is 5.73 Å². The van der Waals surface area contributed by atoms with Crippen molar-refractivity contribution in [2.75, 3.05) is 11.1 Å². The van der Waals surface area contributed by atoms with Crippen LogP contribution in [0.15, 0.2) is 59.6 Å². The van der Waals surface area contributed by atoms with Crippen LogP contribution in [0, 0.1) is 6.92 Å². The number of alkyl halides is 2. The first-order valence-corrected chi connectivity index (χ1v) is 10.2. The minimum atomic E-state index is -4.81. The minimum absolute atomic E-state index is 0.0896. The quantitative estimate of drug-likeness (QED) is 0.636. The van der Waals surface area contributed by atoms with Gasteiger partial charge in [-0.1, -0.05) is 29.8 Å². The summed E-state index contributed by atoms with van der Waals surface area (Å²) in [6.07, 6.45) is 1.45. The first-order chi connectivity index (χ1) is 14.0. The molecule has 7 nitrogen and oxygen atoms in total. The van der Waals surface area contributed by atoms with Crippen LogP contribution in [0.1, 0.15) is 23.0 Å². The molecule has 0 fully saturated rings. The lowest BCUT2D eigenvalue weighted by atomic mass is 10.1. The summed E-state index contributed by atoms with van der Waals surface area (Å²) in [5.41, 5.74) is 8.09. The summed E-state index contributed by atoms with van der Waals surface area (Å²) in [4.78, 5) is 20.3. The van der Waals surface area contributed by atoms with E-state index in [0.717, 1.165) is 23.3 Å². The van der Waals surface area contributed by atoms with Crippen molar-refractivity contribution >= 4 is 27.2 Å². The monoisotopic (exact) mass is 432 g/mol. The lowest BCUT2D eigenvalue weighted by molar-refractivity contribution is 0.102. The van der Waals surface area contributed by atoms with Crippen molar-refractivity contribution in [1.29, 1.82) is 0 Å². The van der Waals surface area contributed by atoms with Crippen molar-refractivity contribution in [3.8, 4) is 11.3 Å². The number of anilines is 2. The molecule has 156 valence electrons. The van der Waals surface area contributed by atoms with Gasteiger partial charge in [0.1, 0.15) is 0 Å². The van der Waals surface area contributed by atoms with Crippen LogP contribution in [0.3, 0.4) is 0 Å². The Morgan fingerprint density at radius 3 is 2.23 bits per heavy atom. The zero-order chi connectivity index (χ0) is 22.1. The van der Waals surface area contributed by atoms with Crippen LogP contribution in [0.2, 0.25) is 0 Å². The Kier molecular flexibility index (Phi) is 5.53. The van der Waals surface area contributed by atoms with E-state index in [0.29, 0.717) is 12.6 Å². The minimum Gasteiger partial charge on any atom is -0.382 e. The maximum Gasteiger partial charge on any atom is 0.347 e. The number of aromatic nitrogens is 2. The maximum absolute atomic E-state index is 13.3. The Labute approximate surface area is 171 Å². The number of nitrogen functional groups attached to an aromatic ring is 1. The zero-order valence-electron chi connectivity index (χ0n) is 16.1. The molecular weight excluding hydrogens is 414 g/mol. The van der Waals surface area contributed by atoms with Gasteiger partial charge < -0.3 is 11.1 Å². The van der Waals surface area contributed by atoms with Crippen LogP contribution >= 0.6 is 0 Å². The number of sulfone groups is 1. The Morgan fingerprint density at radius 2 is 1.67 bits per heavy atom. The molecule has 0 aliphatic rings. The van der Waals surface area contributed by atoms with Gasteiger partial charge in [-0.15, -0.1) is 0 Å². The molecule has 0 aliphatic carbocycles. The summed E-state index contributed by atoms with van der Waals surface area (Å²) in [5.74, 6) is -0.765. The third kappa shape index (κ3) is 4.28. The second-order valence-electron chi connectivity index (χ2n) is 6.64. The van der Waals surface area contributed by atoms with Crippen LogP contribution in [0.4, 0.5) is 20.3 Å². The summed E-state index contributed by atoms with van der Waals surface area (Å²) in [6, 6.07) is 11.8. The first-order valence-electron chi connectivity index (χ1n) is 8.72. The summed E-state index contributed by atoms with van der Waals surface area (Å²) in [7, 11) is -4.81. The summed E-state index contributed by atoms with van der Waals surface area (Å²) in [5, 5.41) is -1.42. The molecule has 0 saturated heterocycles. The number of hydrogen-bond acceptors (Lipinski definition) is 6. The lowest BCUT2D eigenvalue weighted by Crippen LogP contribution is -2.24. The number of nitrogens with two attached hydrogens (primary N) is 1. The van der Waals surface area contributed by atoms with Gasteiger partial charge in [0, 0.05) is 18.2 Å². The Balaban J connectivity index is 1.84. The van der Waals surface area contributed by atoms with E-state index in [1.807, 2.05) is 31.2 Å². The molecule has 3 aromatic rings. The van der Waals surface area contributed by atoms with Gasteiger partial charge in [-0.2, -0.15) is 8.78 Å². The van der Waals surface area contributed by atoms with E-state index < -0.39 is 25.9 Å². The summed E-state index contributed by atoms with van der Waals surface area (Å²) < 4.78 is 50.1. The molecule has 0 spiro atoms. The van der Waals surface area contributed by atoms with E-state index >= 15 is 0 Å². The zero-order valence-corrected chi connectivity index (χ0v) is 16.9. The van der Waals surface area contributed by atoms with Crippen molar-refractivity contribution in [2.45, 2.75) is 24.0 Å². The molecule has 0 saturated carbocycles. The summed E-state index contributed by atoms with van der Waals surface area (Å²) in [6.45, 7) is 2.25. The first kappa shape index (κ1) is 21.3. The molecule has 1 heterocycles. The largest absolute Gasteiger partial charge is 0.382 e. The fourth-order valence-electron chi connectivity index (χ4n) is 2.54. The fourth-order valence-corrected chi connectivity index (χ4v) is 3.45.